The van der Waals surface area contributed by atoms with Crippen LogP contribution in [-0.2, 0) is 9.59 Å². The second kappa shape index (κ2) is 9.01. The van der Waals surface area contributed by atoms with Crippen LogP contribution >= 0.6 is 0 Å². The molecule has 0 radical (unpaired) electrons. The first-order valence-electron chi connectivity index (χ1n) is 8.18. The lowest BCUT2D eigenvalue weighted by molar-refractivity contribution is -0.384. The number of nitrogens with zero attached hydrogens (tertiary/aromatic N) is 3. The van der Waals surface area contributed by atoms with E-state index in [9.17, 15) is 25.0 Å². The molecular formula is C19H17N5O5. The van der Waals surface area contributed by atoms with Gasteiger partial charge in [0.15, 0.2) is 0 Å². The minimum Gasteiger partial charge on any atom is -0.494 e. The number of non-ortho nitro benzene ring substituents is 1. The molecule has 2 aromatic carbocycles. The lowest BCUT2D eigenvalue weighted by Gasteiger charge is -2.19. The van der Waals surface area contributed by atoms with E-state index in [0.29, 0.717) is 11.4 Å². The van der Waals surface area contributed by atoms with Crippen LogP contribution in [0.5, 0.6) is 5.75 Å². The molecule has 2 amide bonds. The number of hydrogen-bond acceptors (Lipinski definition) is 8. The molecule has 148 valence electrons. The number of carbonyl (C=O) groups excluding carboxylic acids is 2. The van der Waals surface area contributed by atoms with Crippen molar-refractivity contribution >= 4 is 34.6 Å². The Kier molecular flexibility index (Phi) is 6.50. The van der Waals surface area contributed by atoms with Gasteiger partial charge >= 0.3 is 0 Å². The van der Waals surface area contributed by atoms with Crippen LogP contribution in [0, 0.1) is 21.4 Å². The van der Waals surface area contributed by atoms with Crippen LogP contribution in [0.1, 0.15) is 6.92 Å². The van der Waals surface area contributed by atoms with Crippen molar-refractivity contribution in [1.82, 2.24) is 0 Å². The Hall–Kier alpha value is -4.39. The number of rotatable bonds is 6. The number of hydrogen-bond donors (Lipinski definition) is 2. The van der Waals surface area contributed by atoms with Gasteiger partial charge in [0.1, 0.15) is 17.4 Å². The minimum atomic E-state index is -0.849. The summed E-state index contributed by atoms with van der Waals surface area (Å²) in [6.45, 7) is 1.19. The van der Waals surface area contributed by atoms with E-state index in [1.807, 2.05) is 0 Å². The number of nitrogens with two attached hydrogens (primary N) is 1. The average Bonchev–Trinajstić information content (AvgIpc) is 2.69. The van der Waals surface area contributed by atoms with Gasteiger partial charge in [-0.1, -0.05) is 0 Å². The number of amides is 2. The Labute approximate surface area is 165 Å². The average molecular weight is 395 g/mol. The summed E-state index contributed by atoms with van der Waals surface area (Å²) in [5, 5.41) is 22.9. The molecule has 0 aliphatic heterocycles. The van der Waals surface area contributed by atoms with Crippen LogP contribution < -0.4 is 20.7 Å². The molecule has 0 saturated carbocycles. The molecule has 10 heteroatoms. The zero-order chi connectivity index (χ0) is 21.6. The maximum Gasteiger partial charge on any atom is 0.277 e. The van der Waals surface area contributed by atoms with Gasteiger partial charge in [-0.15, -0.1) is 0 Å². The summed E-state index contributed by atoms with van der Waals surface area (Å²) in [7, 11) is 1.32. The number of nitro groups is 1. The van der Waals surface area contributed by atoms with Crippen molar-refractivity contribution < 1.29 is 19.2 Å². The van der Waals surface area contributed by atoms with Gasteiger partial charge in [0.25, 0.3) is 11.6 Å². The number of anilines is 3. The van der Waals surface area contributed by atoms with Gasteiger partial charge in [-0.05, 0) is 30.3 Å². The van der Waals surface area contributed by atoms with E-state index in [2.05, 4.69) is 5.32 Å². The lowest BCUT2D eigenvalue weighted by atomic mass is 10.2. The zero-order valence-corrected chi connectivity index (χ0v) is 15.6. The second-order valence-electron chi connectivity index (χ2n) is 5.71. The molecule has 29 heavy (non-hydrogen) atoms. The number of ether oxygens (including phenoxy) is 1. The molecule has 0 unspecified atom stereocenters. The van der Waals surface area contributed by atoms with Crippen molar-refractivity contribution in [3.63, 3.8) is 0 Å². The van der Waals surface area contributed by atoms with Crippen LogP contribution in [0.3, 0.4) is 0 Å². The molecule has 2 rings (SSSR count). The fourth-order valence-electron chi connectivity index (χ4n) is 2.39. The molecule has 0 bridgehead atoms. The molecule has 0 heterocycles. The van der Waals surface area contributed by atoms with E-state index in [1.54, 1.807) is 6.07 Å². The fourth-order valence-corrected chi connectivity index (χ4v) is 2.39. The number of nitro benzene ring substituents is 1. The SMILES string of the molecule is COc1cc([N+](=O)[O-])ccc1N/C=C(/C#N)C(=O)N(C(C)=O)c1ccc(N)cc1. The number of methoxy groups -OCH3 is 1. The highest BCUT2D eigenvalue weighted by molar-refractivity contribution is 6.21. The van der Waals surface area contributed by atoms with Crippen molar-refractivity contribution in [2.45, 2.75) is 6.92 Å². The number of benzene rings is 2. The molecule has 0 aromatic heterocycles. The predicted molar refractivity (Wildman–Crippen MR) is 106 cm³/mol. The van der Waals surface area contributed by atoms with E-state index in [1.165, 1.54) is 56.5 Å². The van der Waals surface area contributed by atoms with Gasteiger partial charge in [0.05, 0.1) is 29.5 Å². The first-order valence-corrected chi connectivity index (χ1v) is 8.18. The van der Waals surface area contributed by atoms with Crippen LogP contribution in [0.4, 0.5) is 22.7 Å². The van der Waals surface area contributed by atoms with Gasteiger partial charge < -0.3 is 15.8 Å². The first-order chi connectivity index (χ1) is 13.8. The summed E-state index contributed by atoms with van der Waals surface area (Å²) >= 11 is 0. The van der Waals surface area contributed by atoms with Crippen molar-refractivity contribution in [2.24, 2.45) is 0 Å². The lowest BCUT2D eigenvalue weighted by Crippen LogP contribution is -2.36. The third-order valence-electron chi connectivity index (χ3n) is 3.79. The zero-order valence-electron chi connectivity index (χ0n) is 15.6. The molecule has 10 nitrogen and oxygen atoms in total. The van der Waals surface area contributed by atoms with E-state index in [4.69, 9.17) is 10.5 Å². The topological polar surface area (TPSA) is 152 Å². The third-order valence-corrected chi connectivity index (χ3v) is 3.79. The fraction of sp³-hybridized carbons (Fsp3) is 0.105. The van der Waals surface area contributed by atoms with Gasteiger partial charge in [-0.25, -0.2) is 4.90 Å². The molecule has 0 aliphatic rings. The molecule has 0 atom stereocenters. The predicted octanol–water partition coefficient (Wildman–Crippen LogP) is 2.58. The molecule has 3 N–H and O–H groups in total. The van der Waals surface area contributed by atoms with E-state index in [0.717, 1.165) is 11.1 Å². The van der Waals surface area contributed by atoms with Crippen LogP contribution in [0.15, 0.2) is 54.2 Å². The number of nitriles is 1. The number of carbonyl (C=O) groups is 2. The quantitative estimate of drug-likeness (QED) is 0.249. The summed E-state index contributed by atoms with van der Waals surface area (Å²) in [6.07, 6.45) is 1.10. The number of imide groups is 1. The molecule has 2 aromatic rings. The number of nitrogen functional groups attached to an aromatic ring is 1. The Morgan fingerprint density at radius 2 is 1.93 bits per heavy atom. The standard InChI is InChI=1S/C19H17N5O5/c1-12(25)23(15-5-3-14(21)4-6-15)19(26)13(10-20)11-22-17-8-7-16(24(27)28)9-18(17)29-2/h3-9,11,22H,21H2,1-2H3/b13-11-. The summed E-state index contributed by atoms with van der Waals surface area (Å²) in [5.41, 5.74) is 6.07. The van der Waals surface area contributed by atoms with Gasteiger partial charge in [0, 0.05) is 24.9 Å². The minimum absolute atomic E-state index is 0.141. The number of nitrogens with one attached hydrogen (secondary N) is 1. The summed E-state index contributed by atoms with van der Waals surface area (Å²) in [4.78, 5) is 35.9. The van der Waals surface area contributed by atoms with Crippen molar-refractivity contribution in [1.29, 1.82) is 5.26 Å². The van der Waals surface area contributed by atoms with E-state index < -0.39 is 16.7 Å². The first kappa shape index (κ1) is 20.9. The van der Waals surface area contributed by atoms with Crippen LogP contribution in [0.25, 0.3) is 0 Å². The highest BCUT2D eigenvalue weighted by Crippen LogP contribution is 2.29. The van der Waals surface area contributed by atoms with E-state index in [-0.39, 0.29) is 22.7 Å². The van der Waals surface area contributed by atoms with Crippen molar-refractivity contribution in [2.75, 3.05) is 23.1 Å². The monoisotopic (exact) mass is 395 g/mol. The van der Waals surface area contributed by atoms with E-state index >= 15 is 0 Å². The molecule has 0 aliphatic carbocycles. The third kappa shape index (κ3) is 4.86. The molecule has 0 saturated heterocycles. The Morgan fingerprint density at radius 3 is 2.45 bits per heavy atom. The maximum atomic E-state index is 12.7. The highest BCUT2D eigenvalue weighted by Gasteiger charge is 2.24. The molecule has 0 spiro atoms. The normalized spacial score (nSPS) is 10.6. The summed E-state index contributed by atoms with van der Waals surface area (Å²) in [6, 6.07) is 11.6. The Bertz CT molecular complexity index is 1020. The largest absolute Gasteiger partial charge is 0.494 e. The Balaban J connectivity index is 2.34. The van der Waals surface area contributed by atoms with Gasteiger partial charge in [0.2, 0.25) is 5.91 Å². The van der Waals surface area contributed by atoms with Crippen LogP contribution in [-0.4, -0.2) is 23.8 Å². The maximum absolute atomic E-state index is 12.7. The Morgan fingerprint density at radius 1 is 1.28 bits per heavy atom. The summed E-state index contributed by atoms with van der Waals surface area (Å²) < 4.78 is 5.09. The molecule has 0 fully saturated rings. The van der Waals surface area contributed by atoms with Crippen molar-refractivity contribution in [3.05, 3.63) is 64.4 Å². The molecular weight excluding hydrogens is 378 g/mol. The van der Waals surface area contributed by atoms with Crippen LogP contribution in [0.2, 0.25) is 0 Å². The highest BCUT2D eigenvalue weighted by atomic mass is 16.6. The van der Waals surface area contributed by atoms with Gasteiger partial charge in [-0.3, -0.25) is 19.7 Å². The smallest absolute Gasteiger partial charge is 0.277 e. The second-order valence-corrected chi connectivity index (χ2v) is 5.71. The summed E-state index contributed by atoms with van der Waals surface area (Å²) in [5.74, 6) is -1.30. The van der Waals surface area contributed by atoms with Gasteiger partial charge in [-0.2, -0.15) is 5.26 Å². The van der Waals surface area contributed by atoms with Crippen molar-refractivity contribution in [3.8, 4) is 11.8 Å².